The molecular weight excluding hydrogens is 1150 g/mol. The molecule has 0 aliphatic carbocycles. The SMILES string of the molecule is Cn1ccc2ccc(C(=O)NC(=O)Nc3cc(C(F)(F)F)cc(C(F)(F)F)c3)cc21.Cn1ccc2ccc(C(=O)O)cc21.Cn1ccc2ccc(C(N)=O)cc21.O=C(O)c1ccc2cc[nH]c2c1.O=C=Nc1cc(C(F)(F)F)cc(C(F)(F)F)c1. The number of hydrogen-bond acceptors (Lipinski definition) is 7. The van der Waals surface area contributed by atoms with Gasteiger partial charge in [-0.3, -0.25) is 14.9 Å². The third-order valence-electron chi connectivity index (χ3n) is 12.1. The van der Waals surface area contributed by atoms with Crippen LogP contribution < -0.4 is 16.4 Å². The monoisotopic (exact) mass is 1190 g/mol. The van der Waals surface area contributed by atoms with Crippen LogP contribution in [-0.4, -0.2) is 64.8 Å². The Balaban J connectivity index is 0.000000180. The van der Waals surface area contributed by atoms with Crippen molar-refractivity contribution in [2.24, 2.45) is 31.9 Å². The molecule has 28 heteroatoms. The summed E-state index contributed by atoms with van der Waals surface area (Å²) in [5, 5.41) is 25.2. The maximum Gasteiger partial charge on any atom is 0.416 e. The number of nitrogens with zero attached hydrogens (tertiary/aromatic N) is 4. The highest BCUT2D eigenvalue weighted by Crippen LogP contribution is 2.39. The summed E-state index contributed by atoms with van der Waals surface area (Å²) in [5.41, 5.74) is 2.22. The van der Waals surface area contributed by atoms with Crippen molar-refractivity contribution in [3.05, 3.63) is 203 Å². The Morgan fingerprint density at radius 2 is 0.871 bits per heavy atom. The van der Waals surface area contributed by atoms with Crippen molar-refractivity contribution in [3.8, 4) is 0 Å². The van der Waals surface area contributed by atoms with Gasteiger partial charge in [0.15, 0.2) is 0 Å². The molecule has 0 saturated heterocycles. The zero-order valence-electron chi connectivity index (χ0n) is 43.8. The predicted molar refractivity (Wildman–Crippen MR) is 287 cm³/mol. The van der Waals surface area contributed by atoms with Gasteiger partial charge in [0, 0.05) is 84.8 Å². The van der Waals surface area contributed by atoms with Gasteiger partial charge in [-0.25, -0.2) is 19.2 Å². The minimum Gasteiger partial charge on any atom is -0.478 e. The van der Waals surface area contributed by atoms with Crippen LogP contribution in [0.2, 0.25) is 0 Å². The number of aryl methyl sites for hydroxylation is 3. The summed E-state index contributed by atoms with van der Waals surface area (Å²) in [5.74, 6) is -3.05. The molecule has 0 saturated carbocycles. The minimum atomic E-state index is -5.06. The van der Waals surface area contributed by atoms with Crippen molar-refractivity contribution in [3.63, 3.8) is 0 Å². The lowest BCUT2D eigenvalue weighted by atomic mass is 10.1. The number of aromatic nitrogens is 4. The molecule has 6 aromatic carbocycles. The number of halogens is 12. The van der Waals surface area contributed by atoms with E-state index in [2.05, 4.69) is 9.98 Å². The third kappa shape index (κ3) is 16.8. The Hall–Kier alpha value is -10.6. The van der Waals surface area contributed by atoms with E-state index in [0.717, 1.165) is 44.2 Å². The van der Waals surface area contributed by atoms with Crippen LogP contribution in [0.4, 0.5) is 68.9 Å². The number of fused-ring (bicyclic) bond motifs is 4. The summed E-state index contributed by atoms with van der Waals surface area (Å²) in [4.78, 5) is 71.9. The molecule has 442 valence electrons. The van der Waals surface area contributed by atoms with Gasteiger partial charge in [0.05, 0.1) is 39.1 Å². The zero-order chi connectivity index (χ0) is 62.9. The second kappa shape index (κ2) is 25.7. The number of aromatic amines is 1. The maximum absolute atomic E-state index is 12.9. The van der Waals surface area contributed by atoms with Gasteiger partial charge in [-0.15, -0.1) is 0 Å². The van der Waals surface area contributed by atoms with Crippen molar-refractivity contribution in [1.29, 1.82) is 0 Å². The molecule has 85 heavy (non-hydrogen) atoms. The molecule has 0 aliphatic heterocycles. The molecule has 0 fully saturated rings. The molecule has 4 aromatic heterocycles. The van der Waals surface area contributed by atoms with Gasteiger partial charge >= 0.3 is 42.7 Å². The molecule has 7 N–H and O–H groups in total. The molecule has 0 atom stereocenters. The van der Waals surface area contributed by atoms with E-state index in [4.69, 9.17) is 15.9 Å². The van der Waals surface area contributed by atoms with Crippen molar-refractivity contribution in [2.45, 2.75) is 24.7 Å². The molecule has 0 bridgehead atoms. The summed E-state index contributed by atoms with van der Waals surface area (Å²) in [6.07, 6.45) is -11.7. The van der Waals surface area contributed by atoms with Crippen LogP contribution in [-0.2, 0) is 50.6 Å². The van der Waals surface area contributed by atoms with E-state index >= 15 is 0 Å². The Morgan fingerprint density at radius 3 is 1.28 bits per heavy atom. The number of aliphatic imine (C=N–C) groups is 1. The number of nitrogens with one attached hydrogen (secondary N) is 3. The number of carboxylic acids is 2. The van der Waals surface area contributed by atoms with Crippen molar-refractivity contribution in [1.82, 2.24) is 24.0 Å². The number of benzene rings is 6. The first-order chi connectivity index (χ1) is 39.6. The van der Waals surface area contributed by atoms with E-state index in [-0.39, 0.29) is 23.6 Å². The number of H-pyrrole nitrogens is 1. The summed E-state index contributed by atoms with van der Waals surface area (Å²) in [6, 6.07) is 27.7. The van der Waals surface area contributed by atoms with Crippen molar-refractivity contribution >= 4 is 90.9 Å². The van der Waals surface area contributed by atoms with Crippen LogP contribution >= 0.6 is 0 Å². The van der Waals surface area contributed by atoms with Crippen molar-refractivity contribution in [2.75, 3.05) is 5.32 Å². The number of rotatable bonds is 6. The number of aromatic carboxylic acids is 2. The Morgan fingerprint density at radius 1 is 0.494 bits per heavy atom. The van der Waals surface area contributed by atoms with Gasteiger partial charge in [-0.05, 0) is 131 Å². The normalized spacial score (nSPS) is 11.4. The van der Waals surface area contributed by atoms with E-state index in [1.165, 1.54) is 12.1 Å². The molecule has 4 amide bonds. The van der Waals surface area contributed by atoms with E-state index in [1.807, 2.05) is 76.6 Å². The lowest BCUT2D eigenvalue weighted by Crippen LogP contribution is -2.34. The van der Waals surface area contributed by atoms with Crippen LogP contribution in [0, 0.1) is 0 Å². The number of primary amides is 1. The van der Waals surface area contributed by atoms with Gasteiger partial charge in [0.25, 0.3) is 5.91 Å². The second-order valence-electron chi connectivity index (χ2n) is 18.0. The first kappa shape index (κ1) is 63.6. The van der Waals surface area contributed by atoms with E-state index < -0.39 is 82.2 Å². The highest BCUT2D eigenvalue weighted by molar-refractivity contribution is 6.09. The lowest BCUT2D eigenvalue weighted by Gasteiger charge is -2.15. The molecule has 4 heterocycles. The first-order valence-electron chi connectivity index (χ1n) is 23.9. The number of carbonyl (C=O) groups is 5. The van der Waals surface area contributed by atoms with Crippen LogP contribution in [0.5, 0.6) is 0 Å². The molecule has 10 aromatic rings. The highest BCUT2D eigenvalue weighted by atomic mass is 19.4. The number of carbonyl (C=O) groups excluding carboxylic acids is 4. The number of carboxylic acid groups (broad SMARTS) is 2. The number of nitrogens with two attached hydrogens (primary N) is 1. The zero-order valence-corrected chi connectivity index (χ0v) is 43.8. The molecule has 0 aliphatic rings. The average molecular weight is 1190 g/mol. The van der Waals surface area contributed by atoms with Crippen molar-refractivity contribution < 1.29 is 91.7 Å². The largest absolute Gasteiger partial charge is 0.478 e. The number of urea groups is 1. The molecule has 0 unspecified atom stereocenters. The summed E-state index contributed by atoms with van der Waals surface area (Å²) in [6.45, 7) is 0. The minimum absolute atomic E-state index is 0.0518. The molecule has 10 rings (SSSR count). The predicted octanol–water partition coefficient (Wildman–Crippen LogP) is 13.9. The number of anilines is 1. The quantitative estimate of drug-likeness (QED) is 0.0531. The van der Waals surface area contributed by atoms with E-state index in [9.17, 15) is 81.5 Å². The Kier molecular flexibility index (Phi) is 19.2. The van der Waals surface area contributed by atoms with Crippen LogP contribution in [0.15, 0.2) is 163 Å². The Bertz CT molecular complexity index is 4030. The standard InChI is InChI=1S/C19H13F6N3O2.C10H10N2O.C10H9NO2.C9H3F6NO.C9H7NO2/c1-28-5-4-10-2-3-11(6-15(10)28)16(29)27-17(30)26-14-8-12(18(20,21)22)7-13(9-14)19(23,24)25;1-12-5-4-7-2-3-8(10(11)13)6-9(7)12;1-11-5-4-7-2-3-8(10(12)13)6-9(7)11;10-8(11,12)5-1-6(9(13,14)15)3-7(2-5)16-4-17;11-9(12)7-2-1-6-3-4-10-8(6)5-7/h2-9H,1H3,(H2,26,27,29,30);2-6H,1H3,(H2,11,13);2-6H,1H3,(H,12,13);1-3H;1-5,10H,(H,11,12). The fraction of sp³-hybridized carbons (Fsp3) is 0.123. The maximum atomic E-state index is 12.9. The molecular formula is C57H42F12N8O8. The van der Waals surface area contributed by atoms with Gasteiger partial charge in [0.1, 0.15) is 0 Å². The van der Waals surface area contributed by atoms with Crippen LogP contribution in [0.25, 0.3) is 43.6 Å². The van der Waals surface area contributed by atoms with E-state index in [0.29, 0.717) is 46.5 Å². The lowest BCUT2D eigenvalue weighted by molar-refractivity contribution is -0.144. The first-order valence-corrected chi connectivity index (χ1v) is 23.9. The van der Waals surface area contributed by atoms with Gasteiger partial charge in [-0.2, -0.15) is 57.7 Å². The number of hydrogen-bond donors (Lipinski definition) is 6. The number of amides is 4. The van der Waals surface area contributed by atoms with Crippen LogP contribution in [0.3, 0.4) is 0 Å². The topological polar surface area (TPSA) is 236 Å². The molecule has 0 spiro atoms. The number of alkyl halides is 12. The smallest absolute Gasteiger partial charge is 0.416 e. The third-order valence-corrected chi connectivity index (χ3v) is 12.1. The van der Waals surface area contributed by atoms with Gasteiger partial charge in [-0.1, -0.05) is 24.3 Å². The van der Waals surface area contributed by atoms with Crippen LogP contribution in [0.1, 0.15) is 63.7 Å². The fourth-order valence-electron chi connectivity index (χ4n) is 7.82. The second-order valence-corrected chi connectivity index (χ2v) is 18.0. The molecule has 16 nitrogen and oxygen atoms in total. The van der Waals surface area contributed by atoms with Gasteiger partial charge < -0.3 is 39.9 Å². The summed E-state index contributed by atoms with van der Waals surface area (Å²) < 4.78 is 157. The number of isocyanates is 1. The average Bonchev–Trinajstić information content (AvgIpc) is 4.38. The fourth-order valence-corrected chi connectivity index (χ4v) is 7.82. The van der Waals surface area contributed by atoms with E-state index in [1.54, 1.807) is 78.6 Å². The summed E-state index contributed by atoms with van der Waals surface area (Å²) in [7, 11) is 5.57. The molecule has 0 radical (unpaired) electrons. The number of imide groups is 1. The van der Waals surface area contributed by atoms with Gasteiger partial charge in [0.2, 0.25) is 12.0 Å². The Labute approximate surface area is 470 Å². The summed E-state index contributed by atoms with van der Waals surface area (Å²) >= 11 is 0. The highest BCUT2D eigenvalue weighted by Gasteiger charge is 2.38.